The van der Waals surface area contributed by atoms with Crippen molar-refractivity contribution in [3.05, 3.63) is 68.4 Å². The van der Waals surface area contributed by atoms with E-state index in [-0.39, 0.29) is 5.91 Å². The Morgan fingerprint density at radius 1 is 1.16 bits per heavy atom. The lowest BCUT2D eigenvalue weighted by Crippen LogP contribution is -2.22. The molecule has 1 amide bonds. The Balaban J connectivity index is 2.03. The molecule has 0 bridgehead atoms. The largest absolute Gasteiger partial charge is 0.348 e. The number of benzene rings is 2. The zero-order valence-corrected chi connectivity index (χ0v) is 13.0. The lowest BCUT2D eigenvalue weighted by Gasteiger charge is -2.06. The van der Waals surface area contributed by atoms with E-state index in [1.807, 2.05) is 24.3 Å². The maximum Gasteiger partial charge on any atom is 0.251 e. The Hall–Kier alpha value is -1.20. The monoisotopic (exact) mass is 385 g/mol. The van der Waals surface area contributed by atoms with Crippen LogP contribution in [0.3, 0.4) is 0 Å². The van der Waals surface area contributed by atoms with Crippen LogP contribution in [-0.2, 0) is 6.54 Å². The van der Waals surface area contributed by atoms with Gasteiger partial charge in [0.25, 0.3) is 5.91 Å². The molecule has 0 saturated carbocycles. The molecule has 0 fully saturated rings. The van der Waals surface area contributed by atoms with Crippen LogP contribution in [0.15, 0.2) is 51.4 Å². The van der Waals surface area contributed by atoms with Gasteiger partial charge in [0.15, 0.2) is 0 Å². The van der Waals surface area contributed by atoms with Crippen LogP contribution in [0.1, 0.15) is 15.9 Å². The minimum Gasteiger partial charge on any atom is -0.348 e. The molecular weight excluding hydrogens is 377 g/mol. The van der Waals surface area contributed by atoms with Crippen LogP contribution < -0.4 is 5.32 Å². The van der Waals surface area contributed by atoms with Gasteiger partial charge in [-0.2, -0.15) is 0 Å². The van der Waals surface area contributed by atoms with E-state index >= 15 is 0 Å². The average molecular weight is 387 g/mol. The molecule has 0 unspecified atom stereocenters. The van der Waals surface area contributed by atoms with E-state index in [4.69, 9.17) is 0 Å². The van der Waals surface area contributed by atoms with Crippen LogP contribution in [0.5, 0.6) is 0 Å². The zero-order valence-electron chi connectivity index (χ0n) is 9.79. The lowest BCUT2D eigenvalue weighted by molar-refractivity contribution is 0.0950. The number of halogens is 3. The molecule has 2 nitrogen and oxygen atoms in total. The molecule has 2 aromatic carbocycles. The van der Waals surface area contributed by atoms with Crippen LogP contribution in [0, 0.1) is 5.82 Å². The first kappa shape index (κ1) is 14.2. The summed E-state index contributed by atoms with van der Waals surface area (Å²) < 4.78 is 14.6. The zero-order chi connectivity index (χ0) is 13.8. The SMILES string of the molecule is O=C(NCc1cccc(Br)c1)c1ccc(Br)c(F)c1. The van der Waals surface area contributed by atoms with E-state index in [0.717, 1.165) is 10.0 Å². The van der Waals surface area contributed by atoms with Crippen LogP contribution in [0.4, 0.5) is 4.39 Å². The third-order valence-corrected chi connectivity index (χ3v) is 3.66. The van der Waals surface area contributed by atoms with Crippen molar-refractivity contribution in [2.45, 2.75) is 6.54 Å². The first-order chi connectivity index (χ1) is 9.06. The highest BCUT2D eigenvalue weighted by atomic mass is 79.9. The number of hydrogen-bond donors (Lipinski definition) is 1. The molecule has 98 valence electrons. The van der Waals surface area contributed by atoms with E-state index in [9.17, 15) is 9.18 Å². The second kappa shape index (κ2) is 6.30. The third kappa shape index (κ3) is 3.88. The minimum atomic E-state index is -0.449. The van der Waals surface area contributed by atoms with Crippen molar-refractivity contribution in [3.8, 4) is 0 Å². The molecule has 19 heavy (non-hydrogen) atoms. The Morgan fingerprint density at radius 3 is 2.63 bits per heavy atom. The number of carbonyl (C=O) groups excluding carboxylic acids is 1. The number of rotatable bonds is 3. The summed E-state index contributed by atoms with van der Waals surface area (Å²) in [5, 5.41) is 2.75. The fraction of sp³-hybridized carbons (Fsp3) is 0.0714. The molecule has 1 N–H and O–H groups in total. The van der Waals surface area contributed by atoms with Gasteiger partial charge in [-0.15, -0.1) is 0 Å². The second-order valence-electron chi connectivity index (χ2n) is 3.94. The summed E-state index contributed by atoms with van der Waals surface area (Å²) in [4.78, 5) is 11.9. The van der Waals surface area contributed by atoms with Gasteiger partial charge >= 0.3 is 0 Å². The molecule has 0 spiro atoms. The lowest BCUT2D eigenvalue weighted by atomic mass is 10.2. The van der Waals surface area contributed by atoms with Crippen molar-refractivity contribution >= 4 is 37.8 Å². The highest BCUT2D eigenvalue weighted by molar-refractivity contribution is 9.10. The van der Waals surface area contributed by atoms with Gasteiger partial charge in [-0.05, 0) is 51.8 Å². The summed E-state index contributed by atoms with van der Waals surface area (Å²) in [6.45, 7) is 0.399. The fourth-order valence-electron chi connectivity index (χ4n) is 1.57. The Kier molecular flexibility index (Phi) is 4.71. The highest BCUT2D eigenvalue weighted by Gasteiger charge is 2.08. The molecule has 0 saturated heterocycles. The van der Waals surface area contributed by atoms with Crippen molar-refractivity contribution < 1.29 is 9.18 Å². The second-order valence-corrected chi connectivity index (χ2v) is 5.71. The Morgan fingerprint density at radius 2 is 1.95 bits per heavy atom. The van der Waals surface area contributed by atoms with Crippen molar-refractivity contribution in [1.29, 1.82) is 0 Å². The summed E-state index contributed by atoms with van der Waals surface area (Å²) >= 11 is 6.41. The van der Waals surface area contributed by atoms with Gasteiger partial charge in [-0.3, -0.25) is 4.79 Å². The van der Waals surface area contributed by atoms with E-state index in [2.05, 4.69) is 37.2 Å². The molecule has 5 heteroatoms. The normalized spacial score (nSPS) is 10.3. The maximum absolute atomic E-state index is 13.3. The highest BCUT2D eigenvalue weighted by Crippen LogP contribution is 2.16. The summed E-state index contributed by atoms with van der Waals surface area (Å²) in [5.74, 6) is -0.749. The van der Waals surface area contributed by atoms with Gasteiger partial charge in [-0.1, -0.05) is 28.1 Å². The number of hydrogen-bond acceptors (Lipinski definition) is 1. The molecular formula is C14H10Br2FNO. The van der Waals surface area contributed by atoms with E-state index in [1.165, 1.54) is 12.1 Å². The Labute approximate surface area is 127 Å². The van der Waals surface area contributed by atoms with Crippen LogP contribution in [0.25, 0.3) is 0 Å². The van der Waals surface area contributed by atoms with Gasteiger partial charge in [0.05, 0.1) is 4.47 Å². The third-order valence-electron chi connectivity index (χ3n) is 2.52. The predicted molar refractivity (Wildman–Crippen MR) is 79.4 cm³/mol. The van der Waals surface area contributed by atoms with Crippen molar-refractivity contribution in [2.75, 3.05) is 0 Å². The maximum atomic E-state index is 13.3. The van der Waals surface area contributed by atoms with Crippen molar-refractivity contribution in [3.63, 3.8) is 0 Å². The number of nitrogens with one attached hydrogen (secondary N) is 1. The van der Waals surface area contributed by atoms with Crippen LogP contribution in [-0.4, -0.2) is 5.91 Å². The van der Waals surface area contributed by atoms with E-state index in [1.54, 1.807) is 6.07 Å². The van der Waals surface area contributed by atoms with Gasteiger partial charge in [0.1, 0.15) is 5.82 Å². The van der Waals surface area contributed by atoms with Crippen LogP contribution in [0.2, 0.25) is 0 Å². The molecule has 0 atom stereocenters. The molecule has 0 aliphatic heterocycles. The first-order valence-corrected chi connectivity index (χ1v) is 7.12. The topological polar surface area (TPSA) is 29.1 Å². The van der Waals surface area contributed by atoms with Crippen LogP contribution >= 0.6 is 31.9 Å². The molecule has 0 heterocycles. The first-order valence-electron chi connectivity index (χ1n) is 5.54. The smallest absolute Gasteiger partial charge is 0.251 e. The Bertz CT molecular complexity index is 616. The molecule has 2 aromatic rings. The number of amides is 1. The predicted octanol–water partition coefficient (Wildman–Crippen LogP) is 4.28. The summed E-state index contributed by atoms with van der Waals surface area (Å²) in [6.07, 6.45) is 0. The quantitative estimate of drug-likeness (QED) is 0.837. The summed E-state index contributed by atoms with van der Waals surface area (Å²) in [6, 6.07) is 11.9. The fourth-order valence-corrected chi connectivity index (χ4v) is 2.26. The van der Waals surface area contributed by atoms with Gasteiger partial charge in [0, 0.05) is 16.6 Å². The van der Waals surface area contributed by atoms with Gasteiger partial charge < -0.3 is 5.32 Å². The molecule has 0 aliphatic carbocycles. The van der Waals surface area contributed by atoms with E-state index < -0.39 is 5.82 Å². The van der Waals surface area contributed by atoms with Crippen molar-refractivity contribution in [1.82, 2.24) is 5.32 Å². The van der Waals surface area contributed by atoms with Gasteiger partial charge in [-0.25, -0.2) is 4.39 Å². The van der Waals surface area contributed by atoms with Crippen molar-refractivity contribution in [2.24, 2.45) is 0 Å². The summed E-state index contributed by atoms with van der Waals surface area (Å²) in [5.41, 5.74) is 1.27. The van der Waals surface area contributed by atoms with Gasteiger partial charge in [0.2, 0.25) is 0 Å². The number of carbonyl (C=O) groups is 1. The minimum absolute atomic E-state index is 0.300. The summed E-state index contributed by atoms with van der Waals surface area (Å²) in [7, 11) is 0. The standard InChI is InChI=1S/C14H10Br2FNO/c15-11-3-1-2-9(6-11)8-18-14(19)10-4-5-12(16)13(17)7-10/h1-7H,8H2,(H,18,19). The molecule has 0 radical (unpaired) electrons. The molecule has 0 aromatic heterocycles. The molecule has 2 rings (SSSR count). The van der Waals surface area contributed by atoms with E-state index in [0.29, 0.717) is 16.6 Å². The average Bonchev–Trinajstić information content (AvgIpc) is 2.39. The molecule has 0 aliphatic rings.